The van der Waals surface area contributed by atoms with E-state index in [4.69, 9.17) is 23.2 Å². The van der Waals surface area contributed by atoms with Gasteiger partial charge in [0.25, 0.3) is 0 Å². The van der Waals surface area contributed by atoms with Gasteiger partial charge < -0.3 is 5.32 Å². The summed E-state index contributed by atoms with van der Waals surface area (Å²) in [4.78, 5) is 4.07. The van der Waals surface area contributed by atoms with Gasteiger partial charge in [-0.2, -0.15) is 0 Å². The number of halogens is 3. The Morgan fingerprint density at radius 2 is 2.00 bits per heavy atom. The Balaban J connectivity index is 2.22. The van der Waals surface area contributed by atoms with Crippen molar-refractivity contribution in [3.05, 3.63) is 57.6 Å². The fraction of sp³-hybridized carbons (Fsp3) is 0.214. The molecule has 0 aliphatic rings. The van der Waals surface area contributed by atoms with Crippen LogP contribution >= 0.6 is 23.2 Å². The molecule has 0 saturated heterocycles. The van der Waals surface area contributed by atoms with Gasteiger partial charge in [-0.05, 0) is 43.2 Å². The Morgan fingerprint density at radius 3 is 2.68 bits per heavy atom. The van der Waals surface area contributed by atoms with Crippen molar-refractivity contribution in [2.24, 2.45) is 0 Å². The second kappa shape index (κ2) is 5.76. The second-order valence-electron chi connectivity index (χ2n) is 4.39. The summed E-state index contributed by atoms with van der Waals surface area (Å²) in [6, 6.07) is 6.50. The van der Waals surface area contributed by atoms with Gasteiger partial charge in [-0.15, -0.1) is 0 Å². The van der Waals surface area contributed by atoms with E-state index in [9.17, 15) is 4.39 Å². The van der Waals surface area contributed by atoms with Crippen LogP contribution in [0.2, 0.25) is 10.2 Å². The predicted octanol–water partition coefficient (Wildman–Crippen LogP) is 5.01. The lowest BCUT2D eigenvalue weighted by Gasteiger charge is -2.17. The highest BCUT2D eigenvalue weighted by molar-refractivity contribution is 6.32. The van der Waals surface area contributed by atoms with E-state index in [2.05, 4.69) is 10.3 Å². The molecule has 0 saturated carbocycles. The summed E-state index contributed by atoms with van der Waals surface area (Å²) in [7, 11) is 0. The number of hydrogen-bond acceptors (Lipinski definition) is 2. The zero-order valence-electron chi connectivity index (χ0n) is 10.5. The zero-order valence-corrected chi connectivity index (χ0v) is 12.1. The van der Waals surface area contributed by atoms with Crippen molar-refractivity contribution in [1.29, 1.82) is 0 Å². The van der Waals surface area contributed by atoms with E-state index >= 15 is 0 Å². The molecule has 0 radical (unpaired) electrons. The molecule has 100 valence electrons. The van der Waals surface area contributed by atoms with Gasteiger partial charge in [0.2, 0.25) is 0 Å². The van der Waals surface area contributed by atoms with Crippen molar-refractivity contribution >= 4 is 28.9 Å². The highest BCUT2D eigenvalue weighted by atomic mass is 35.5. The highest BCUT2D eigenvalue weighted by Crippen LogP contribution is 2.27. The molecule has 1 aromatic heterocycles. The number of nitrogens with zero attached hydrogens (tertiary/aromatic N) is 1. The summed E-state index contributed by atoms with van der Waals surface area (Å²) in [5.74, 6) is -0.423. The Kier molecular flexibility index (Phi) is 4.27. The third-order valence-electron chi connectivity index (χ3n) is 2.79. The van der Waals surface area contributed by atoms with Crippen LogP contribution in [0.4, 0.5) is 10.1 Å². The Bertz CT molecular complexity index is 602. The van der Waals surface area contributed by atoms with Crippen molar-refractivity contribution in [1.82, 2.24) is 4.98 Å². The maximum Gasteiger partial charge on any atom is 0.152 e. The van der Waals surface area contributed by atoms with E-state index < -0.39 is 5.82 Å². The Hall–Kier alpha value is -1.32. The van der Waals surface area contributed by atoms with Crippen molar-refractivity contribution in [2.75, 3.05) is 5.32 Å². The lowest BCUT2D eigenvalue weighted by molar-refractivity contribution is 0.627. The van der Waals surface area contributed by atoms with Crippen LogP contribution in [0.1, 0.15) is 24.1 Å². The van der Waals surface area contributed by atoms with E-state index in [0.29, 0.717) is 5.15 Å². The number of aromatic nitrogens is 1. The van der Waals surface area contributed by atoms with Crippen LogP contribution in [0.15, 0.2) is 30.5 Å². The van der Waals surface area contributed by atoms with E-state index in [1.54, 1.807) is 18.3 Å². The van der Waals surface area contributed by atoms with E-state index in [1.165, 1.54) is 6.07 Å². The molecule has 0 aliphatic heterocycles. The number of anilines is 1. The van der Waals surface area contributed by atoms with E-state index in [-0.39, 0.29) is 11.1 Å². The molecule has 0 amide bonds. The van der Waals surface area contributed by atoms with Gasteiger partial charge in [0.1, 0.15) is 5.82 Å². The minimum atomic E-state index is -0.423. The first-order valence-corrected chi connectivity index (χ1v) is 6.56. The Labute approximate surface area is 121 Å². The van der Waals surface area contributed by atoms with Crippen molar-refractivity contribution < 1.29 is 4.39 Å². The number of nitrogens with one attached hydrogen (secondary N) is 1. The van der Waals surface area contributed by atoms with Crippen LogP contribution in [0.5, 0.6) is 0 Å². The summed E-state index contributed by atoms with van der Waals surface area (Å²) in [6.07, 6.45) is 1.70. The molecule has 1 unspecified atom stereocenters. The first-order chi connectivity index (χ1) is 8.97. The molecule has 2 rings (SSSR count). The smallest absolute Gasteiger partial charge is 0.152 e. The minimum Gasteiger partial charge on any atom is -0.376 e. The monoisotopic (exact) mass is 298 g/mol. The molecule has 0 spiro atoms. The average Bonchev–Trinajstić information content (AvgIpc) is 2.37. The van der Waals surface area contributed by atoms with Crippen LogP contribution in [-0.2, 0) is 0 Å². The van der Waals surface area contributed by atoms with Crippen molar-refractivity contribution in [3.8, 4) is 0 Å². The van der Waals surface area contributed by atoms with Gasteiger partial charge in [-0.3, -0.25) is 0 Å². The summed E-state index contributed by atoms with van der Waals surface area (Å²) in [6.45, 7) is 3.89. The first-order valence-electron chi connectivity index (χ1n) is 5.81. The maximum absolute atomic E-state index is 13.1. The fourth-order valence-corrected chi connectivity index (χ4v) is 2.10. The number of pyridine rings is 1. The van der Waals surface area contributed by atoms with E-state index in [1.807, 2.05) is 19.9 Å². The van der Waals surface area contributed by atoms with Crippen LogP contribution in [0.25, 0.3) is 0 Å². The van der Waals surface area contributed by atoms with Gasteiger partial charge in [0.05, 0.1) is 10.7 Å². The number of rotatable bonds is 3. The molecule has 1 aromatic carbocycles. The fourth-order valence-electron chi connectivity index (χ4n) is 1.75. The van der Waals surface area contributed by atoms with Crippen LogP contribution < -0.4 is 5.32 Å². The molecule has 1 N–H and O–H groups in total. The van der Waals surface area contributed by atoms with Crippen molar-refractivity contribution in [3.63, 3.8) is 0 Å². The molecule has 0 aliphatic carbocycles. The predicted molar refractivity (Wildman–Crippen MR) is 77.4 cm³/mol. The van der Waals surface area contributed by atoms with Gasteiger partial charge in [-0.1, -0.05) is 29.3 Å². The molecule has 5 heteroatoms. The van der Waals surface area contributed by atoms with Crippen LogP contribution in [0, 0.1) is 12.7 Å². The van der Waals surface area contributed by atoms with Gasteiger partial charge >= 0.3 is 0 Å². The lowest BCUT2D eigenvalue weighted by Crippen LogP contribution is -2.08. The standard InChI is InChI=1S/C14H13Cl2FN2/c1-8-5-13(14(16)18-7-8)19-9(2)10-3-4-12(17)11(15)6-10/h3-7,9,19H,1-2H3. The number of hydrogen-bond donors (Lipinski definition) is 1. The molecule has 19 heavy (non-hydrogen) atoms. The molecular weight excluding hydrogens is 286 g/mol. The quantitative estimate of drug-likeness (QED) is 0.806. The van der Waals surface area contributed by atoms with Crippen LogP contribution in [0.3, 0.4) is 0 Å². The molecule has 2 aromatic rings. The maximum atomic E-state index is 13.1. The van der Waals surface area contributed by atoms with Gasteiger partial charge in [0, 0.05) is 12.2 Å². The molecule has 1 heterocycles. The highest BCUT2D eigenvalue weighted by Gasteiger charge is 2.10. The van der Waals surface area contributed by atoms with Gasteiger partial charge in [-0.25, -0.2) is 9.37 Å². The summed E-state index contributed by atoms with van der Waals surface area (Å²) >= 11 is 11.8. The number of benzene rings is 1. The lowest BCUT2D eigenvalue weighted by atomic mass is 10.1. The van der Waals surface area contributed by atoms with Crippen LogP contribution in [-0.4, -0.2) is 4.98 Å². The Morgan fingerprint density at radius 1 is 1.26 bits per heavy atom. The normalized spacial score (nSPS) is 12.3. The molecule has 2 nitrogen and oxygen atoms in total. The minimum absolute atomic E-state index is 0.0563. The summed E-state index contributed by atoms with van der Waals surface area (Å²) < 4.78 is 13.1. The summed E-state index contributed by atoms with van der Waals surface area (Å²) in [5, 5.41) is 3.76. The summed E-state index contributed by atoms with van der Waals surface area (Å²) in [5.41, 5.74) is 2.63. The average molecular weight is 299 g/mol. The molecule has 0 bridgehead atoms. The molecular formula is C14H13Cl2FN2. The third kappa shape index (κ3) is 3.37. The molecule has 1 atom stereocenters. The largest absolute Gasteiger partial charge is 0.376 e. The number of aryl methyl sites for hydroxylation is 1. The SMILES string of the molecule is Cc1cnc(Cl)c(NC(C)c2ccc(F)c(Cl)c2)c1. The first kappa shape index (κ1) is 14.1. The topological polar surface area (TPSA) is 24.9 Å². The molecule has 0 fully saturated rings. The third-order valence-corrected chi connectivity index (χ3v) is 3.38. The second-order valence-corrected chi connectivity index (χ2v) is 5.16. The zero-order chi connectivity index (χ0) is 14.0. The van der Waals surface area contributed by atoms with Gasteiger partial charge in [0.15, 0.2) is 5.15 Å². The van der Waals surface area contributed by atoms with Crippen molar-refractivity contribution in [2.45, 2.75) is 19.9 Å². The van der Waals surface area contributed by atoms with E-state index in [0.717, 1.165) is 16.8 Å².